The van der Waals surface area contributed by atoms with Gasteiger partial charge in [-0.1, -0.05) is 0 Å². The number of halogens is 1. The molecule has 0 aromatic heterocycles. The number of alkyl halides is 1. The van der Waals surface area contributed by atoms with Crippen LogP contribution in [0.2, 0.25) is 0 Å². The van der Waals surface area contributed by atoms with Crippen LogP contribution in [0.5, 0.6) is 0 Å². The molecule has 0 aromatic rings. The van der Waals surface area contributed by atoms with Crippen LogP contribution in [0.4, 0.5) is 4.39 Å². The van der Waals surface area contributed by atoms with E-state index < -0.39 is 13.0 Å². The van der Waals surface area contributed by atoms with Crippen LogP contribution < -0.4 is 0 Å². The normalized spacial score (nSPS) is 14.1. The van der Waals surface area contributed by atoms with Crippen molar-refractivity contribution in [3.8, 4) is 0 Å². The summed E-state index contributed by atoms with van der Waals surface area (Å²) in [7, 11) is 0. The largest absolute Gasteiger partial charge is 0.391 e. The van der Waals surface area contributed by atoms with Gasteiger partial charge in [0.1, 0.15) is 0 Å². The maximum Gasteiger partial charge on any atom is 0.222 e. The molecule has 1 N–H and O–H groups in total. The van der Waals surface area contributed by atoms with Crippen LogP contribution in [0.1, 0.15) is 0 Å². The van der Waals surface area contributed by atoms with Crippen molar-refractivity contribution in [2.24, 2.45) is 0 Å². The van der Waals surface area contributed by atoms with E-state index in [1.54, 1.807) is 0 Å². The van der Waals surface area contributed by atoms with Crippen molar-refractivity contribution >= 4 is 0 Å². The van der Waals surface area contributed by atoms with Gasteiger partial charge in [-0.15, -0.1) is 0 Å². The van der Waals surface area contributed by atoms with Crippen molar-refractivity contribution in [2.75, 3.05) is 13.2 Å². The zero-order valence-corrected chi connectivity index (χ0v) is 3.93. The fraction of sp³-hybridized carbons (Fsp3) is 0.750. The third-order valence-electron chi connectivity index (χ3n) is 0.442. The van der Waals surface area contributed by atoms with E-state index in [9.17, 15) is 4.39 Å². The van der Waals surface area contributed by atoms with Crippen molar-refractivity contribution in [3.05, 3.63) is 6.92 Å². The molecule has 0 rings (SSSR count). The standard InChI is InChI=1S/C4H8FO2/c1-2-7-4(5)3-6/h4,6H,1-3H2. The minimum absolute atomic E-state index is 0.0573. The van der Waals surface area contributed by atoms with Gasteiger partial charge in [-0.05, 0) is 6.92 Å². The third-order valence-corrected chi connectivity index (χ3v) is 0.442. The molecule has 0 fully saturated rings. The highest BCUT2D eigenvalue weighted by atomic mass is 19.1. The van der Waals surface area contributed by atoms with Gasteiger partial charge in [0, 0.05) is 0 Å². The number of aliphatic hydroxyl groups excluding tert-OH is 1. The third kappa shape index (κ3) is 3.69. The molecule has 2 nitrogen and oxygen atoms in total. The molecule has 0 aliphatic rings. The van der Waals surface area contributed by atoms with Gasteiger partial charge in [0.25, 0.3) is 0 Å². The highest BCUT2D eigenvalue weighted by Gasteiger charge is 1.98. The van der Waals surface area contributed by atoms with Crippen LogP contribution in [0.25, 0.3) is 0 Å². The molecule has 0 heterocycles. The number of hydrogen-bond donors (Lipinski definition) is 1. The highest BCUT2D eigenvalue weighted by molar-refractivity contribution is 4.35. The average molecular weight is 107 g/mol. The predicted octanol–water partition coefficient (Wildman–Crippen LogP) is 0.125. The maximum atomic E-state index is 11.6. The summed E-state index contributed by atoms with van der Waals surface area (Å²) in [5.41, 5.74) is 0. The monoisotopic (exact) mass is 107 g/mol. The van der Waals surface area contributed by atoms with Crippen LogP contribution in [-0.4, -0.2) is 24.7 Å². The van der Waals surface area contributed by atoms with Crippen molar-refractivity contribution in [1.82, 2.24) is 0 Å². The molecular formula is C4H8FO2. The molecule has 43 valence electrons. The van der Waals surface area contributed by atoms with E-state index in [0.29, 0.717) is 0 Å². The van der Waals surface area contributed by atoms with Crippen LogP contribution in [-0.2, 0) is 4.74 Å². The molecule has 0 amide bonds. The second-order valence-electron chi connectivity index (χ2n) is 0.963. The summed E-state index contributed by atoms with van der Waals surface area (Å²) < 4.78 is 15.8. The molecule has 1 atom stereocenters. The summed E-state index contributed by atoms with van der Waals surface area (Å²) in [6.07, 6.45) is -1.56. The maximum absolute atomic E-state index is 11.6. The van der Waals surface area contributed by atoms with Crippen LogP contribution in [0.3, 0.4) is 0 Å². The predicted molar refractivity (Wildman–Crippen MR) is 23.3 cm³/mol. The summed E-state index contributed by atoms with van der Waals surface area (Å²) in [4.78, 5) is 0. The second-order valence-corrected chi connectivity index (χ2v) is 0.963. The zero-order chi connectivity index (χ0) is 5.70. The molecule has 1 unspecified atom stereocenters. The lowest BCUT2D eigenvalue weighted by Crippen LogP contribution is -2.10. The molecule has 0 saturated heterocycles. The van der Waals surface area contributed by atoms with E-state index in [-0.39, 0.29) is 6.61 Å². The van der Waals surface area contributed by atoms with Crippen molar-refractivity contribution < 1.29 is 14.2 Å². The molecule has 1 radical (unpaired) electrons. The summed E-state index contributed by atoms with van der Waals surface area (Å²) in [6, 6.07) is 0. The number of rotatable bonds is 3. The molecule has 0 aromatic carbocycles. The Morgan fingerprint density at radius 3 is 2.57 bits per heavy atom. The lowest BCUT2D eigenvalue weighted by molar-refractivity contribution is -0.0590. The van der Waals surface area contributed by atoms with Gasteiger partial charge >= 0.3 is 0 Å². The van der Waals surface area contributed by atoms with Crippen LogP contribution in [0, 0.1) is 6.92 Å². The Morgan fingerprint density at radius 2 is 2.43 bits per heavy atom. The van der Waals surface area contributed by atoms with Gasteiger partial charge in [-0.3, -0.25) is 0 Å². The van der Waals surface area contributed by atoms with E-state index in [1.165, 1.54) is 0 Å². The molecular weight excluding hydrogens is 99.0 g/mol. The van der Waals surface area contributed by atoms with E-state index in [2.05, 4.69) is 11.7 Å². The summed E-state index contributed by atoms with van der Waals surface area (Å²) in [5.74, 6) is 0. The molecule has 0 aliphatic carbocycles. The van der Waals surface area contributed by atoms with Gasteiger partial charge < -0.3 is 9.84 Å². The van der Waals surface area contributed by atoms with Gasteiger partial charge in [0.2, 0.25) is 6.36 Å². The summed E-state index contributed by atoms with van der Waals surface area (Å²) in [6.45, 7) is 2.67. The fourth-order valence-corrected chi connectivity index (χ4v) is 0.181. The molecule has 0 saturated carbocycles. The highest BCUT2D eigenvalue weighted by Crippen LogP contribution is 1.88. The number of ether oxygens (including phenoxy) is 1. The smallest absolute Gasteiger partial charge is 0.222 e. The van der Waals surface area contributed by atoms with Crippen molar-refractivity contribution in [3.63, 3.8) is 0 Å². The Morgan fingerprint density at radius 1 is 1.86 bits per heavy atom. The molecule has 0 bridgehead atoms. The van der Waals surface area contributed by atoms with Crippen molar-refractivity contribution in [2.45, 2.75) is 6.36 Å². The lowest BCUT2D eigenvalue weighted by Gasteiger charge is -2.00. The number of hydrogen-bond acceptors (Lipinski definition) is 2. The Labute approximate surface area is 41.9 Å². The minimum Gasteiger partial charge on any atom is -0.391 e. The zero-order valence-electron chi connectivity index (χ0n) is 3.93. The topological polar surface area (TPSA) is 29.5 Å². The van der Waals surface area contributed by atoms with E-state index in [0.717, 1.165) is 0 Å². The molecule has 7 heavy (non-hydrogen) atoms. The van der Waals surface area contributed by atoms with E-state index >= 15 is 0 Å². The second kappa shape index (κ2) is 4.02. The van der Waals surface area contributed by atoms with E-state index in [1.807, 2.05) is 0 Å². The fourth-order valence-electron chi connectivity index (χ4n) is 0.181. The Hall–Kier alpha value is -0.150. The molecule has 0 aliphatic heterocycles. The molecule has 3 heteroatoms. The van der Waals surface area contributed by atoms with Gasteiger partial charge in [0.05, 0.1) is 13.2 Å². The Bertz CT molecular complexity index is 40.7. The first-order chi connectivity index (χ1) is 3.31. The first kappa shape index (κ1) is 6.85. The quantitative estimate of drug-likeness (QED) is 0.555. The van der Waals surface area contributed by atoms with Gasteiger partial charge in [0.15, 0.2) is 0 Å². The van der Waals surface area contributed by atoms with Crippen molar-refractivity contribution in [1.29, 1.82) is 0 Å². The average Bonchev–Trinajstić information content (AvgIpc) is 1.68. The number of aliphatic hydroxyl groups is 1. The SMILES string of the molecule is [CH2]COC(F)CO. The Kier molecular flexibility index (Phi) is 3.93. The summed E-state index contributed by atoms with van der Waals surface area (Å²) in [5, 5.41) is 7.94. The first-order valence-corrected chi connectivity index (χ1v) is 1.97. The van der Waals surface area contributed by atoms with Crippen LogP contribution >= 0.6 is 0 Å². The van der Waals surface area contributed by atoms with Gasteiger partial charge in [-0.25, -0.2) is 4.39 Å². The van der Waals surface area contributed by atoms with Crippen LogP contribution in [0.15, 0.2) is 0 Å². The lowest BCUT2D eigenvalue weighted by atomic mass is 10.7. The summed E-state index contributed by atoms with van der Waals surface area (Å²) >= 11 is 0. The minimum atomic E-state index is -1.56. The Balaban J connectivity index is 2.83. The first-order valence-electron chi connectivity index (χ1n) is 1.97. The molecule has 0 spiro atoms. The van der Waals surface area contributed by atoms with Gasteiger partial charge in [-0.2, -0.15) is 0 Å². The van der Waals surface area contributed by atoms with E-state index in [4.69, 9.17) is 5.11 Å².